The predicted molar refractivity (Wildman–Crippen MR) is 131 cm³/mol. The first-order chi connectivity index (χ1) is 16.7. The second kappa shape index (κ2) is 13.4. The molecule has 1 atom stereocenters. The smallest absolute Gasteiger partial charge is 0.344 e. The largest absolute Gasteiger partial charge is 0.493 e. The standard InChI is InChI=1S/C24H27BrFN3O6/c1-5-34-20(30)13-35-22-18(25)10-15(11-19(22)33-4)12-27-29-24(32)21(14(2)3)28-23(31)16-6-8-17(26)9-7-16/h6-12,14,21H,5,13H2,1-4H3,(H,28,31)(H,29,32). The fourth-order valence-electron chi connectivity index (χ4n) is 2.89. The number of hydrazone groups is 1. The molecule has 11 heteroatoms. The molecule has 0 heterocycles. The molecule has 0 saturated carbocycles. The second-order valence-electron chi connectivity index (χ2n) is 7.56. The Kier molecular flexibility index (Phi) is 10.7. The summed E-state index contributed by atoms with van der Waals surface area (Å²) in [5.41, 5.74) is 3.21. The average molecular weight is 552 g/mol. The molecule has 0 bridgehead atoms. The Labute approximate surface area is 211 Å². The van der Waals surface area contributed by atoms with Gasteiger partial charge in [-0.2, -0.15) is 5.10 Å². The quantitative estimate of drug-likeness (QED) is 0.251. The lowest BCUT2D eigenvalue weighted by Gasteiger charge is -2.20. The van der Waals surface area contributed by atoms with E-state index in [0.29, 0.717) is 21.5 Å². The van der Waals surface area contributed by atoms with E-state index in [1.54, 1.807) is 32.9 Å². The van der Waals surface area contributed by atoms with Crippen LogP contribution in [0.3, 0.4) is 0 Å². The molecule has 2 amide bonds. The van der Waals surface area contributed by atoms with Crippen molar-refractivity contribution in [2.75, 3.05) is 20.3 Å². The maximum Gasteiger partial charge on any atom is 0.344 e. The van der Waals surface area contributed by atoms with Gasteiger partial charge in [0.05, 0.1) is 24.4 Å². The molecule has 188 valence electrons. The van der Waals surface area contributed by atoms with Crippen molar-refractivity contribution in [2.24, 2.45) is 11.0 Å². The van der Waals surface area contributed by atoms with Gasteiger partial charge in [0.2, 0.25) is 0 Å². The summed E-state index contributed by atoms with van der Waals surface area (Å²) in [7, 11) is 1.44. The fraction of sp³-hybridized carbons (Fsp3) is 0.333. The highest BCUT2D eigenvalue weighted by Crippen LogP contribution is 2.36. The van der Waals surface area contributed by atoms with E-state index in [2.05, 4.69) is 31.8 Å². The maximum absolute atomic E-state index is 13.1. The van der Waals surface area contributed by atoms with Gasteiger partial charge in [0.15, 0.2) is 18.1 Å². The Balaban J connectivity index is 2.06. The molecule has 2 N–H and O–H groups in total. The third kappa shape index (κ3) is 8.36. The van der Waals surface area contributed by atoms with Crippen molar-refractivity contribution in [1.29, 1.82) is 0 Å². The van der Waals surface area contributed by atoms with E-state index in [1.807, 2.05) is 0 Å². The number of hydrogen-bond acceptors (Lipinski definition) is 7. The van der Waals surface area contributed by atoms with Crippen molar-refractivity contribution in [1.82, 2.24) is 10.7 Å². The second-order valence-corrected chi connectivity index (χ2v) is 8.42. The zero-order valence-corrected chi connectivity index (χ0v) is 21.3. The molecular formula is C24H27BrFN3O6. The van der Waals surface area contributed by atoms with Gasteiger partial charge in [0.1, 0.15) is 11.9 Å². The van der Waals surface area contributed by atoms with Crippen LogP contribution in [0.4, 0.5) is 4.39 Å². The third-order valence-electron chi connectivity index (χ3n) is 4.62. The normalized spacial score (nSPS) is 11.7. The van der Waals surface area contributed by atoms with Crippen LogP contribution in [0.15, 0.2) is 46.0 Å². The van der Waals surface area contributed by atoms with E-state index in [1.165, 1.54) is 37.6 Å². The van der Waals surface area contributed by atoms with E-state index in [9.17, 15) is 18.8 Å². The number of nitrogens with one attached hydrogen (secondary N) is 2. The lowest BCUT2D eigenvalue weighted by atomic mass is 10.0. The summed E-state index contributed by atoms with van der Waals surface area (Å²) in [6.45, 7) is 5.21. The lowest BCUT2D eigenvalue weighted by Crippen LogP contribution is -2.48. The molecule has 0 saturated heterocycles. The number of halogens is 2. The van der Waals surface area contributed by atoms with Crippen molar-refractivity contribution in [3.8, 4) is 11.5 Å². The van der Waals surface area contributed by atoms with Crippen molar-refractivity contribution in [3.63, 3.8) is 0 Å². The van der Waals surface area contributed by atoms with Crippen molar-refractivity contribution in [3.05, 3.63) is 57.8 Å². The number of hydrogen-bond donors (Lipinski definition) is 2. The van der Waals surface area contributed by atoms with Crippen LogP contribution < -0.4 is 20.2 Å². The Bertz CT molecular complexity index is 1080. The average Bonchev–Trinajstić information content (AvgIpc) is 2.81. The molecule has 0 radical (unpaired) electrons. The summed E-state index contributed by atoms with van der Waals surface area (Å²) >= 11 is 3.37. The highest BCUT2D eigenvalue weighted by atomic mass is 79.9. The van der Waals surface area contributed by atoms with E-state index in [0.717, 1.165) is 0 Å². The first-order valence-corrected chi connectivity index (χ1v) is 11.5. The third-order valence-corrected chi connectivity index (χ3v) is 5.21. The highest BCUT2D eigenvalue weighted by molar-refractivity contribution is 9.10. The van der Waals surface area contributed by atoms with Crippen LogP contribution in [-0.2, 0) is 14.3 Å². The molecule has 2 aromatic rings. The summed E-state index contributed by atoms with van der Waals surface area (Å²) < 4.78 is 29.2. The zero-order chi connectivity index (χ0) is 26.0. The summed E-state index contributed by atoms with van der Waals surface area (Å²) in [5.74, 6) is -1.59. The number of esters is 1. The van der Waals surface area contributed by atoms with Crippen LogP contribution in [0.25, 0.3) is 0 Å². The maximum atomic E-state index is 13.1. The number of methoxy groups -OCH3 is 1. The topological polar surface area (TPSA) is 115 Å². The van der Waals surface area contributed by atoms with Gasteiger partial charge in [-0.25, -0.2) is 14.6 Å². The molecule has 2 rings (SSSR count). The van der Waals surface area contributed by atoms with Crippen LogP contribution in [0.2, 0.25) is 0 Å². The summed E-state index contributed by atoms with van der Waals surface area (Å²) in [6, 6.07) is 7.41. The SMILES string of the molecule is CCOC(=O)COc1c(Br)cc(C=NNC(=O)C(NC(=O)c2ccc(F)cc2)C(C)C)cc1OC. The molecular weight excluding hydrogens is 525 g/mol. The fourth-order valence-corrected chi connectivity index (χ4v) is 3.46. The Morgan fingerprint density at radius 2 is 1.86 bits per heavy atom. The number of rotatable bonds is 11. The first kappa shape index (κ1) is 27.8. The van der Waals surface area contributed by atoms with Gasteiger partial charge in [0.25, 0.3) is 11.8 Å². The number of benzene rings is 2. The lowest BCUT2D eigenvalue weighted by molar-refractivity contribution is -0.145. The Morgan fingerprint density at radius 3 is 2.46 bits per heavy atom. The van der Waals surface area contributed by atoms with Gasteiger partial charge >= 0.3 is 5.97 Å². The van der Waals surface area contributed by atoms with Crippen LogP contribution in [0, 0.1) is 11.7 Å². The molecule has 0 fully saturated rings. The minimum absolute atomic E-state index is 0.232. The van der Waals surface area contributed by atoms with Crippen LogP contribution in [0.5, 0.6) is 11.5 Å². The molecule has 0 spiro atoms. The number of ether oxygens (including phenoxy) is 3. The minimum atomic E-state index is -0.871. The van der Waals surface area contributed by atoms with Gasteiger partial charge in [-0.1, -0.05) is 13.8 Å². The van der Waals surface area contributed by atoms with Crippen molar-refractivity contribution < 1.29 is 33.0 Å². The van der Waals surface area contributed by atoms with Crippen LogP contribution in [0.1, 0.15) is 36.7 Å². The number of nitrogens with zero attached hydrogens (tertiary/aromatic N) is 1. The summed E-state index contributed by atoms with van der Waals surface area (Å²) in [5, 5.41) is 6.60. The molecule has 0 aromatic heterocycles. The molecule has 9 nitrogen and oxygen atoms in total. The van der Waals surface area contributed by atoms with E-state index in [4.69, 9.17) is 14.2 Å². The van der Waals surface area contributed by atoms with Gasteiger partial charge < -0.3 is 19.5 Å². The summed E-state index contributed by atoms with van der Waals surface area (Å²) in [4.78, 5) is 36.6. The Hall–Kier alpha value is -3.47. The van der Waals surface area contributed by atoms with Gasteiger partial charge in [-0.15, -0.1) is 0 Å². The highest BCUT2D eigenvalue weighted by Gasteiger charge is 2.24. The van der Waals surface area contributed by atoms with Crippen LogP contribution in [-0.4, -0.2) is 50.4 Å². The van der Waals surface area contributed by atoms with Crippen LogP contribution >= 0.6 is 15.9 Å². The van der Waals surface area contributed by atoms with Gasteiger partial charge in [0, 0.05) is 5.56 Å². The molecule has 35 heavy (non-hydrogen) atoms. The van der Waals surface area contributed by atoms with E-state index < -0.39 is 29.6 Å². The molecule has 2 aromatic carbocycles. The number of carbonyl (C=O) groups is 3. The molecule has 1 unspecified atom stereocenters. The summed E-state index contributed by atoms with van der Waals surface area (Å²) in [6.07, 6.45) is 1.39. The van der Waals surface area contributed by atoms with Gasteiger partial charge in [-0.3, -0.25) is 9.59 Å². The number of carbonyl (C=O) groups excluding carboxylic acids is 3. The zero-order valence-electron chi connectivity index (χ0n) is 19.8. The van der Waals surface area contributed by atoms with E-state index >= 15 is 0 Å². The molecule has 0 aliphatic heterocycles. The first-order valence-electron chi connectivity index (χ1n) is 10.7. The molecule has 0 aliphatic carbocycles. The number of amides is 2. The monoisotopic (exact) mass is 551 g/mol. The minimum Gasteiger partial charge on any atom is -0.493 e. The molecule has 0 aliphatic rings. The van der Waals surface area contributed by atoms with E-state index in [-0.39, 0.29) is 24.7 Å². The van der Waals surface area contributed by atoms with Crippen molar-refractivity contribution in [2.45, 2.75) is 26.8 Å². The Morgan fingerprint density at radius 1 is 1.17 bits per heavy atom. The van der Waals surface area contributed by atoms with Crippen molar-refractivity contribution >= 4 is 39.9 Å². The van der Waals surface area contributed by atoms with Gasteiger partial charge in [-0.05, 0) is 70.7 Å². The predicted octanol–water partition coefficient (Wildman–Crippen LogP) is 3.44.